The Balaban J connectivity index is 2.95. The Kier molecular flexibility index (Phi) is 3.17. The molecule has 0 atom stereocenters. The van der Waals surface area contributed by atoms with Crippen molar-refractivity contribution in [2.45, 2.75) is 6.92 Å². The van der Waals surface area contributed by atoms with Crippen molar-refractivity contribution >= 4 is 11.7 Å². The van der Waals surface area contributed by atoms with E-state index in [2.05, 4.69) is 10.2 Å². The van der Waals surface area contributed by atoms with Gasteiger partial charge in [0.05, 0.1) is 5.71 Å². The lowest BCUT2D eigenvalue weighted by Crippen LogP contribution is -2.22. The van der Waals surface area contributed by atoms with Crippen LogP contribution in [0.1, 0.15) is 12.5 Å². The highest BCUT2D eigenvalue weighted by atomic mass is 19.1. The molecule has 0 fully saturated rings. The van der Waals surface area contributed by atoms with Gasteiger partial charge < -0.3 is 11.5 Å². The summed E-state index contributed by atoms with van der Waals surface area (Å²) in [4.78, 5) is 0. The van der Waals surface area contributed by atoms with Crippen LogP contribution in [-0.4, -0.2) is 11.7 Å². The monoisotopic (exact) mass is 194 g/mol. The normalized spacial score (nSPS) is 11.1. The Bertz CT molecular complexity index is 380. The van der Waals surface area contributed by atoms with Crippen molar-refractivity contribution in [1.29, 1.82) is 0 Å². The molecule has 0 radical (unpaired) electrons. The average Bonchev–Trinajstić information content (AvgIpc) is 2.14. The first-order valence-corrected chi connectivity index (χ1v) is 3.98. The van der Waals surface area contributed by atoms with Gasteiger partial charge in [0.25, 0.3) is 0 Å². The van der Waals surface area contributed by atoms with Crippen molar-refractivity contribution in [2.24, 2.45) is 21.7 Å². The largest absolute Gasteiger partial charge is 0.369 e. The van der Waals surface area contributed by atoms with Crippen molar-refractivity contribution in [1.82, 2.24) is 0 Å². The van der Waals surface area contributed by atoms with Crippen molar-refractivity contribution in [3.8, 4) is 0 Å². The Morgan fingerprint density at radius 3 is 2.57 bits per heavy atom. The third-order valence-electron chi connectivity index (χ3n) is 1.56. The molecule has 0 spiro atoms. The molecule has 0 bridgehead atoms. The molecule has 0 unspecified atom stereocenters. The smallest absolute Gasteiger partial charge is 0.211 e. The summed E-state index contributed by atoms with van der Waals surface area (Å²) in [5.41, 5.74) is 11.4. The Labute approximate surface area is 81.1 Å². The molecule has 0 aromatic heterocycles. The van der Waals surface area contributed by atoms with Crippen LogP contribution in [0, 0.1) is 5.82 Å². The number of halogens is 1. The number of rotatable bonds is 2. The van der Waals surface area contributed by atoms with Crippen LogP contribution in [-0.2, 0) is 0 Å². The van der Waals surface area contributed by atoms with Gasteiger partial charge in [0, 0.05) is 5.56 Å². The predicted octanol–water partition coefficient (Wildman–Crippen LogP) is 0.823. The minimum Gasteiger partial charge on any atom is -0.369 e. The molecule has 0 saturated heterocycles. The van der Waals surface area contributed by atoms with Crippen LogP contribution < -0.4 is 11.5 Å². The summed E-state index contributed by atoms with van der Waals surface area (Å²) in [6, 6.07) is 6.04. The second-order valence-corrected chi connectivity index (χ2v) is 2.72. The fourth-order valence-electron chi connectivity index (χ4n) is 0.904. The lowest BCUT2D eigenvalue weighted by Gasteiger charge is -1.97. The van der Waals surface area contributed by atoms with Gasteiger partial charge in [-0.1, -0.05) is 12.1 Å². The lowest BCUT2D eigenvalue weighted by atomic mass is 10.1. The summed E-state index contributed by atoms with van der Waals surface area (Å²) < 4.78 is 12.8. The maximum atomic E-state index is 12.8. The number of guanidine groups is 1. The molecular weight excluding hydrogens is 183 g/mol. The molecule has 0 aliphatic carbocycles. The molecule has 4 nitrogen and oxygen atoms in total. The van der Waals surface area contributed by atoms with E-state index in [1.807, 2.05) is 0 Å². The highest BCUT2D eigenvalue weighted by Gasteiger charge is 1.98. The van der Waals surface area contributed by atoms with Gasteiger partial charge in [-0.25, -0.2) is 4.39 Å². The fraction of sp³-hybridized carbons (Fsp3) is 0.111. The van der Waals surface area contributed by atoms with Crippen molar-refractivity contribution < 1.29 is 4.39 Å². The molecule has 0 heterocycles. The Morgan fingerprint density at radius 2 is 2.00 bits per heavy atom. The van der Waals surface area contributed by atoms with E-state index in [1.54, 1.807) is 19.1 Å². The van der Waals surface area contributed by atoms with Gasteiger partial charge in [0.2, 0.25) is 5.96 Å². The van der Waals surface area contributed by atoms with Crippen molar-refractivity contribution in [3.05, 3.63) is 35.6 Å². The van der Waals surface area contributed by atoms with Gasteiger partial charge >= 0.3 is 0 Å². The van der Waals surface area contributed by atoms with Gasteiger partial charge in [0.1, 0.15) is 5.82 Å². The van der Waals surface area contributed by atoms with Crippen LogP contribution in [0.2, 0.25) is 0 Å². The molecule has 1 rings (SSSR count). The summed E-state index contributed by atoms with van der Waals surface area (Å²) in [5, 5.41) is 7.19. The molecular formula is C9H11FN4. The van der Waals surface area contributed by atoms with Gasteiger partial charge in [-0.15, -0.1) is 5.10 Å². The van der Waals surface area contributed by atoms with E-state index in [1.165, 1.54) is 12.1 Å². The average molecular weight is 194 g/mol. The van der Waals surface area contributed by atoms with E-state index in [-0.39, 0.29) is 11.8 Å². The number of nitrogens with zero attached hydrogens (tertiary/aromatic N) is 2. The zero-order valence-electron chi connectivity index (χ0n) is 7.74. The van der Waals surface area contributed by atoms with Gasteiger partial charge in [0.15, 0.2) is 0 Å². The van der Waals surface area contributed by atoms with Crippen molar-refractivity contribution in [3.63, 3.8) is 0 Å². The van der Waals surface area contributed by atoms with Crippen LogP contribution in [0.25, 0.3) is 0 Å². The maximum absolute atomic E-state index is 12.8. The summed E-state index contributed by atoms with van der Waals surface area (Å²) >= 11 is 0. The molecule has 14 heavy (non-hydrogen) atoms. The van der Waals surface area contributed by atoms with E-state index in [0.717, 1.165) is 0 Å². The molecule has 74 valence electrons. The second kappa shape index (κ2) is 4.36. The third-order valence-corrected chi connectivity index (χ3v) is 1.56. The van der Waals surface area contributed by atoms with Gasteiger partial charge in [-0.2, -0.15) is 5.10 Å². The van der Waals surface area contributed by atoms with Gasteiger partial charge in [-0.05, 0) is 19.1 Å². The molecule has 5 heteroatoms. The number of hydrogen-bond donors (Lipinski definition) is 2. The van der Waals surface area contributed by atoms with Crippen molar-refractivity contribution in [2.75, 3.05) is 0 Å². The Morgan fingerprint density at radius 1 is 1.29 bits per heavy atom. The lowest BCUT2D eigenvalue weighted by molar-refractivity contribution is 0.627. The standard InChI is InChI=1S/C9H11FN4/c1-6(13-14-9(11)12)7-3-2-4-8(10)5-7/h2-5H,1H3,(H4,11,12,14). The molecule has 0 aliphatic rings. The number of nitrogens with two attached hydrogens (primary N) is 2. The summed E-state index contributed by atoms with van der Waals surface area (Å²) in [5.74, 6) is -0.442. The molecule has 0 saturated carbocycles. The SMILES string of the molecule is CC(=NN=C(N)N)c1cccc(F)c1. The second-order valence-electron chi connectivity index (χ2n) is 2.72. The summed E-state index contributed by atoms with van der Waals surface area (Å²) in [6.45, 7) is 1.70. The van der Waals surface area contributed by atoms with E-state index in [9.17, 15) is 4.39 Å². The minimum absolute atomic E-state index is 0.124. The van der Waals surface area contributed by atoms with Crippen LogP contribution in [0.3, 0.4) is 0 Å². The van der Waals surface area contributed by atoms with E-state index in [4.69, 9.17) is 11.5 Å². The molecule has 1 aromatic rings. The third kappa shape index (κ3) is 2.85. The first-order chi connectivity index (χ1) is 6.59. The maximum Gasteiger partial charge on any atom is 0.211 e. The van der Waals surface area contributed by atoms with Crippen LogP contribution in [0.15, 0.2) is 34.5 Å². The topological polar surface area (TPSA) is 76.8 Å². The minimum atomic E-state index is -0.318. The zero-order chi connectivity index (χ0) is 10.6. The highest BCUT2D eigenvalue weighted by molar-refractivity contribution is 5.98. The number of benzene rings is 1. The molecule has 0 aliphatic heterocycles. The first-order valence-electron chi connectivity index (χ1n) is 3.98. The van der Waals surface area contributed by atoms with E-state index < -0.39 is 0 Å². The fourth-order valence-corrected chi connectivity index (χ4v) is 0.904. The quantitative estimate of drug-likeness (QED) is 0.415. The number of hydrogen-bond acceptors (Lipinski definition) is 2. The van der Waals surface area contributed by atoms with E-state index in [0.29, 0.717) is 11.3 Å². The zero-order valence-corrected chi connectivity index (χ0v) is 7.74. The molecule has 4 N–H and O–H groups in total. The van der Waals surface area contributed by atoms with Crippen LogP contribution >= 0.6 is 0 Å². The van der Waals surface area contributed by atoms with Gasteiger partial charge in [-0.3, -0.25) is 0 Å². The summed E-state index contributed by atoms with van der Waals surface area (Å²) in [6.07, 6.45) is 0. The highest BCUT2D eigenvalue weighted by Crippen LogP contribution is 2.04. The molecule has 1 aromatic carbocycles. The predicted molar refractivity (Wildman–Crippen MR) is 54.4 cm³/mol. The Hall–Kier alpha value is -1.91. The first kappa shape index (κ1) is 10.2. The summed E-state index contributed by atoms with van der Waals surface area (Å²) in [7, 11) is 0. The van der Waals surface area contributed by atoms with Crippen LogP contribution in [0.5, 0.6) is 0 Å². The van der Waals surface area contributed by atoms with E-state index >= 15 is 0 Å². The van der Waals surface area contributed by atoms with Crippen LogP contribution in [0.4, 0.5) is 4.39 Å². The molecule has 0 amide bonds.